The second-order valence-corrected chi connectivity index (χ2v) is 2.73. The second-order valence-electron chi connectivity index (χ2n) is 2.73. The van der Waals surface area contributed by atoms with Crippen molar-refractivity contribution in [3.63, 3.8) is 0 Å². The van der Waals surface area contributed by atoms with Gasteiger partial charge in [-0.05, 0) is 6.92 Å². The van der Waals surface area contributed by atoms with E-state index in [9.17, 15) is 17.6 Å². The van der Waals surface area contributed by atoms with Gasteiger partial charge in [-0.2, -0.15) is 5.26 Å². The van der Waals surface area contributed by atoms with Gasteiger partial charge in [0, 0.05) is 11.6 Å². The number of nitrogens with zero attached hydrogens (tertiary/aromatic N) is 1. The van der Waals surface area contributed by atoms with E-state index in [0.717, 1.165) is 0 Å². The van der Waals surface area contributed by atoms with Gasteiger partial charge in [0.2, 0.25) is 0 Å². The minimum atomic E-state index is -1.76. The molecule has 1 rings (SSSR count). The number of halogens is 4. The minimum absolute atomic E-state index is 0.224. The van der Waals surface area contributed by atoms with Crippen LogP contribution in [0, 0.1) is 34.6 Å². The summed E-state index contributed by atoms with van der Waals surface area (Å²) in [6.07, 6.45) is 0. The quantitative estimate of drug-likeness (QED) is 0.391. The van der Waals surface area contributed by atoms with Gasteiger partial charge in [0.1, 0.15) is 5.82 Å². The van der Waals surface area contributed by atoms with E-state index in [1.165, 1.54) is 6.92 Å². The molecular formula is C9H5F4N. The van der Waals surface area contributed by atoms with Gasteiger partial charge in [-0.15, -0.1) is 0 Å². The third-order valence-corrected chi connectivity index (χ3v) is 1.78. The maximum Gasteiger partial charge on any atom is 0.194 e. The summed E-state index contributed by atoms with van der Waals surface area (Å²) in [5.74, 6) is -7.42. The molecule has 0 radical (unpaired) electrons. The van der Waals surface area contributed by atoms with Crippen molar-refractivity contribution in [1.29, 1.82) is 5.26 Å². The summed E-state index contributed by atoms with van der Waals surface area (Å²) < 4.78 is 51.0. The number of benzene rings is 1. The SMILES string of the molecule is CC(C#N)c1c(F)cc(F)c(F)c1F. The largest absolute Gasteiger partial charge is 0.206 e. The second kappa shape index (κ2) is 3.66. The Morgan fingerprint density at radius 2 is 1.71 bits per heavy atom. The average Bonchev–Trinajstić information content (AvgIpc) is 2.14. The van der Waals surface area contributed by atoms with Crippen LogP contribution in [-0.2, 0) is 0 Å². The molecule has 1 aromatic carbocycles. The van der Waals surface area contributed by atoms with E-state index in [0.29, 0.717) is 0 Å². The molecule has 0 bridgehead atoms. The first-order valence-corrected chi connectivity index (χ1v) is 3.71. The molecule has 74 valence electrons. The fourth-order valence-corrected chi connectivity index (χ4v) is 1.04. The molecule has 0 aliphatic carbocycles. The fraction of sp³-hybridized carbons (Fsp3) is 0.222. The third kappa shape index (κ3) is 1.55. The first-order valence-electron chi connectivity index (χ1n) is 3.71. The van der Waals surface area contributed by atoms with Crippen LogP contribution in [0.1, 0.15) is 18.4 Å². The van der Waals surface area contributed by atoms with Crippen molar-refractivity contribution in [2.24, 2.45) is 0 Å². The van der Waals surface area contributed by atoms with Gasteiger partial charge < -0.3 is 0 Å². The highest BCUT2D eigenvalue weighted by Gasteiger charge is 2.22. The number of hydrogen-bond donors (Lipinski definition) is 0. The Morgan fingerprint density at radius 1 is 1.14 bits per heavy atom. The molecule has 0 fully saturated rings. The molecule has 5 heteroatoms. The van der Waals surface area contributed by atoms with Crippen molar-refractivity contribution in [2.75, 3.05) is 0 Å². The van der Waals surface area contributed by atoms with Crippen LogP contribution >= 0.6 is 0 Å². The van der Waals surface area contributed by atoms with Gasteiger partial charge in [-0.25, -0.2) is 17.6 Å². The molecule has 0 aliphatic rings. The van der Waals surface area contributed by atoms with E-state index in [2.05, 4.69) is 0 Å². The molecule has 0 heterocycles. The van der Waals surface area contributed by atoms with E-state index in [1.807, 2.05) is 0 Å². The maximum atomic E-state index is 13.0. The molecular weight excluding hydrogens is 198 g/mol. The first-order chi connectivity index (χ1) is 6.49. The standard InChI is InChI=1S/C9H5F4N/c1-4(3-14)7-5(10)2-6(11)8(12)9(7)13/h2,4H,1H3. The topological polar surface area (TPSA) is 23.8 Å². The Hall–Kier alpha value is -1.57. The summed E-state index contributed by atoms with van der Waals surface area (Å²) in [4.78, 5) is 0. The predicted octanol–water partition coefficient (Wildman–Crippen LogP) is 2.87. The molecule has 0 saturated carbocycles. The Morgan fingerprint density at radius 3 is 2.21 bits per heavy atom. The summed E-state index contributed by atoms with van der Waals surface area (Å²) in [5.41, 5.74) is -0.744. The molecule has 14 heavy (non-hydrogen) atoms. The van der Waals surface area contributed by atoms with Gasteiger partial charge in [0.05, 0.1) is 12.0 Å². The van der Waals surface area contributed by atoms with E-state index < -0.39 is 34.8 Å². The maximum absolute atomic E-state index is 13.0. The fourth-order valence-electron chi connectivity index (χ4n) is 1.04. The van der Waals surface area contributed by atoms with Crippen LogP contribution in [0.15, 0.2) is 6.07 Å². The Labute approximate surface area is 77.6 Å². The van der Waals surface area contributed by atoms with Crippen LogP contribution in [0.25, 0.3) is 0 Å². The van der Waals surface area contributed by atoms with Crippen LogP contribution in [0.5, 0.6) is 0 Å². The van der Waals surface area contributed by atoms with E-state index in [1.54, 1.807) is 6.07 Å². The highest BCUT2D eigenvalue weighted by molar-refractivity contribution is 5.29. The first kappa shape index (κ1) is 10.5. The average molecular weight is 203 g/mol. The monoisotopic (exact) mass is 203 g/mol. The molecule has 1 unspecified atom stereocenters. The Kier molecular flexibility index (Phi) is 2.75. The molecule has 0 N–H and O–H groups in total. The van der Waals surface area contributed by atoms with Crippen LogP contribution in [0.2, 0.25) is 0 Å². The lowest BCUT2D eigenvalue weighted by molar-refractivity contribution is 0.423. The Balaban J connectivity index is 3.45. The summed E-state index contributed by atoms with van der Waals surface area (Å²) in [6.45, 7) is 1.19. The molecule has 0 saturated heterocycles. The summed E-state index contributed by atoms with van der Waals surface area (Å²) in [7, 11) is 0. The summed E-state index contributed by atoms with van der Waals surface area (Å²) >= 11 is 0. The molecule has 0 amide bonds. The zero-order valence-electron chi connectivity index (χ0n) is 7.11. The van der Waals surface area contributed by atoms with Gasteiger partial charge >= 0.3 is 0 Å². The van der Waals surface area contributed by atoms with Gasteiger partial charge in [0.25, 0.3) is 0 Å². The highest BCUT2D eigenvalue weighted by atomic mass is 19.2. The third-order valence-electron chi connectivity index (χ3n) is 1.78. The smallest absolute Gasteiger partial charge is 0.194 e. The van der Waals surface area contributed by atoms with Gasteiger partial charge in [0.15, 0.2) is 17.5 Å². The predicted molar refractivity (Wildman–Crippen MR) is 40.3 cm³/mol. The minimum Gasteiger partial charge on any atom is -0.206 e. The van der Waals surface area contributed by atoms with Crippen LogP contribution in [0.4, 0.5) is 17.6 Å². The summed E-state index contributed by atoms with van der Waals surface area (Å²) in [6, 6.07) is 1.76. The number of hydrogen-bond acceptors (Lipinski definition) is 1. The van der Waals surface area contributed by atoms with Crippen LogP contribution in [0.3, 0.4) is 0 Å². The molecule has 1 nitrogen and oxygen atoms in total. The molecule has 1 aromatic rings. The van der Waals surface area contributed by atoms with E-state index >= 15 is 0 Å². The van der Waals surface area contributed by atoms with Crippen molar-refractivity contribution in [3.05, 3.63) is 34.9 Å². The molecule has 0 aliphatic heterocycles. The van der Waals surface area contributed by atoms with Crippen LogP contribution < -0.4 is 0 Å². The number of nitriles is 1. The van der Waals surface area contributed by atoms with Crippen molar-refractivity contribution >= 4 is 0 Å². The lowest BCUT2D eigenvalue weighted by Gasteiger charge is -2.07. The van der Waals surface area contributed by atoms with Crippen molar-refractivity contribution in [3.8, 4) is 6.07 Å². The summed E-state index contributed by atoms with van der Waals surface area (Å²) in [5, 5.41) is 8.40. The van der Waals surface area contributed by atoms with Crippen molar-refractivity contribution in [2.45, 2.75) is 12.8 Å². The zero-order valence-corrected chi connectivity index (χ0v) is 7.11. The normalized spacial score (nSPS) is 12.3. The van der Waals surface area contributed by atoms with E-state index in [4.69, 9.17) is 5.26 Å². The zero-order chi connectivity index (χ0) is 10.9. The number of rotatable bonds is 1. The Bertz CT molecular complexity index is 408. The van der Waals surface area contributed by atoms with Crippen molar-refractivity contribution in [1.82, 2.24) is 0 Å². The molecule has 0 spiro atoms. The van der Waals surface area contributed by atoms with Crippen molar-refractivity contribution < 1.29 is 17.6 Å². The van der Waals surface area contributed by atoms with E-state index in [-0.39, 0.29) is 6.07 Å². The van der Waals surface area contributed by atoms with Gasteiger partial charge in [-0.3, -0.25) is 0 Å². The lowest BCUT2D eigenvalue weighted by atomic mass is 10.0. The molecule has 1 atom stereocenters. The molecule has 0 aromatic heterocycles. The lowest BCUT2D eigenvalue weighted by Crippen LogP contribution is -2.04. The van der Waals surface area contributed by atoms with Crippen LogP contribution in [-0.4, -0.2) is 0 Å². The highest BCUT2D eigenvalue weighted by Crippen LogP contribution is 2.25. The van der Waals surface area contributed by atoms with Gasteiger partial charge in [-0.1, -0.05) is 0 Å².